The molecular weight excluding hydrogens is 766 g/mol. The van der Waals surface area contributed by atoms with Gasteiger partial charge in [-0.15, -0.1) is 0 Å². The van der Waals surface area contributed by atoms with Crippen LogP contribution in [0, 0.1) is 22.7 Å². The lowest BCUT2D eigenvalue weighted by Crippen LogP contribution is -2.41. The summed E-state index contributed by atoms with van der Waals surface area (Å²) in [6.07, 6.45) is 1.70. The molecule has 60 heavy (non-hydrogen) atoms. The molecule has 2 fully saturated rings. The van der Waals surface area contributed by atoms with Crippen LogP contribution in [0.5, 0.6) is 11.5 Å². The molecule has 0 radical (unpaired) electrons. The number of hydrogen-bond donors (Lipinski definition) is 1. The van der Waals surface area contributed by atoms with E-state index in [0.29, 0.717) is 35.3 Å². The monoisotopic (exact) mass is 814 g/mol. The van der Waals surface area contributed by atoms with Crippen LogP contribution in [-0.4, -0.2) is 47.5 Å². The minimum atomic E-state index is -4.95. The van der Waals surface area contributed by atoms with Crippen molar-refractivity contribution in [3.8, 4) is 46.2 Å². The molecule has 9 nitrogen and oxygen atoms in total. The molecule has 0 bridgehead atoms. The fourth-order valence-corrected chi connectivity index (χ4v) is 8.28. The zero-order valence-electron chi connectivity index (χ0n) is 34.4. The Bertz CT molecular complexity index is 2570. The Kier molecular flexibility index (Phi) is 12.4. The normalized spacial score (nSPS) is 14.0. The summed E-state index contributed by atoms with van der Waals surface area (Å²) in [5.74, 6) is -0.317. The standard InChI is InChI=1S/C25H24F3N3O2.C23H25N3O/c1-3-30(24(32)25(26,27)28)17-10-8-16(9-11-17)23-21(15-29)20-13-12-19(33-4-2)14-22(20)31(23)18-6-5-7-18;1-3-25-17-10-8-16(9-11-17)23-21(15-24)20-13-12-19(27-4-2)14-22(20)26(23)18-6-5-7-18/h8-14,18H,3-7H2,1-2H3;8-14,18,25H,3-7H2,1-2H3. The molecule has 310 valence electrons. The number of nitriles is 2. The predicted octanol–water partition coefficient (Wildman–Crippen LogP) is 12.0. The van der Waals surface area contributed by atoms with Gasteiger partial charge in [-0.05, 0) is 126 Å². The molecule has 1 amide bonds. The van der Waals surface area contributed by atoms with Gasteiger partial charge in [-0.2, -0.15) is 23.7 Å². The van der Waals surface area contributed by atoms with E-state index in [1.807, 2.05) is 44.2 Å². The molecule has 1 N–H and O–H groups in total. The zero-order chi connectivity index (χ0) is 42.6. The van der Waals surface area contributed by atoms with Crippen LogP contribution >= 0.6 is 0 Å². The summed E-state index contributed by atoms with van der Waals surface area (Å²) in [6, 6.07) is 32.0. The van der Waals surface area contributed by atoms with Crippen LogP contribution in [0.15, 0.2) is 84.9 Å². The summed E-state index contributed by atoms with van der Waals surface area (Å²) in [6.45, 7) is 9.44. The number of alkyl halides is 3. The van der Waals surface area contributed by atoms with Gasteiger partial charge in [0.05, 0.1) is 46.8 Å². The number of nitrogens with zero attached hydrogens (tertiary/aromatic N) is 5. The number of benzene rings is 4. The zero-order valence-corrected chi connectivity index (χ0v) is 34.4. The van der Waals surface area contributed by atoms with Crippen molar-refractivity contribution in [1.29, 1.82) is 10.5 Å². The van der Waals surface area contributed by atoms with Gasteiger partial charge < -0.3 is 28.8 Å². The molecular formula is C48H49F3N6O3. The third-order valence-corrected chi connectivity index (χ3v) is 11.5. The van der Waals surface area contributed by atoms with Crippen molar-refractivity contribution in [3.05, 3.63) is 96.1 Å². The first-order chi connectivity index (χ1) is 29.1. The third-order valence-electron chi connectivity index (χ3n) is 11.5. The van der Waals surface area contributed by atoms with Gasteiger partial charge in [-0.25, -0.2) is 0 Å². The van der Waals surface area contributed by atoms with Crippen LogP contribution in [0.4, 0.5) is 24.5 Å². The van der Waals surface area contributed by atoms with Crippen molar-refractivity contribution >= 4 is 39.1 Å². The molecule has 8 rings (SSSR count). The van der Waals surface area contributed by atoms with Gasteiger partial charge in [0, 0.05) is 59.5 Å². The molecule has 2 aliphatic rings. The number of anilines is 2. The number of fused-ring (bicyclic) bond motifs is 2. The van der Waals surface area contributed by atoms with E-state index in [4.69, 9.17) is 9.47 Å². The summed E-state index contributed by atoms with van der Waals surface area (Å²) in [7, 11) is 0. The molecule has 2 aromatic heterocycles. The number of ether oxygens (including phenoxy) is 2. The van der Waals surface area contributed by atoms with Crippen LogP contribution in [0.1, 0.15) is 89.4 Å². The fourth-order valence-electron chi connectivity index (χ4n) is 8.28. The Hall–Kier alpha value is -6.40. The van der Waals surface area contributed by atoms with Crippen LogP contribution in [0.25, 0.3) is 44.3 Å². The Morgan fingerprint density at radius 3 is 1.52 bits per heavy atom. The second-order valence-electron chi connectivity index (χ2n) is 15.0. The molecule has 0 unspecified atom stereocenters. The number of nitrogens with one attached hydrogen (secondary N) is 1. The molecule has 2 heterocycles. The Labute approximate surface area is 348 Å². The average molecular weight is 815 g/mol. The fraction of sp³-hybridized carbons (Fsp3) is 0.354. The van der Waals surface area contributed by atoms with E-state index < -0.39 is 12.1 Å². The highest BCUT2D eigenvalue weighted by atomic mass is 19.4. The van der Waals surface area contributed by atoms with Gasteiger partial charge in [0.1, 0.15) is 23.6 Å². The van der Waals surface area contributed by atoms with E-state index in [0.717, 1.165) is 100 Å². The van der Waals surface area contributed by atoms with Crippen molar-refractivity contribution in [2.45, 2.75) is 84.5 Å². The maximum Gasteiger partial charge on any atom is 0.471 e. The number of carbonyl (C=O) groups is 1. The quantitative estimate of drug-likeness (QED) is 0.132. The molecule has 6 aromatic rings. The summed E-state index contributed by atoms with van der Waals surface area (Å²) < 4.78 is 54.8. The molecule has 2 aliphatic carbocycles. The summed E-state index contributed by atoms with van der Waals surface area (Å²) >= 11 is 0. The third kappa shape index (κ3) is 7.99. The van der Waals surface area contributed by atoms with E-state index in [1.54, 1.807) is 12.1 Å². The SMILES string of the molecule is CCNc1ccc(-c2c(C#N)c3ccc(OCC)cc3n2C2CCC2)cc1.CCOc1ccc2c(C#N)c(-c3ccc(N(CC)C(=O)C(F)(F)F)cc3)n(C3CCC3)c2c1. The second-order valence-corrected chi connectivity index (χ2v) is 15.0. The summed E-state index contributed by atoms with van der Waals surface area (Å²) in [4.78, 5) is 12.5. The number of rotatable bonds is 12. The van der Waals surface area contributed by atoms with Gasteiger partial charge in [-0.1, -0.05) is 24.3 Å². The first-order valence-corrected chi connectivity index (χ1v) is 20.8. The highest BCUT2D eigenvalue weighted by Gasteiger charge is 2.42. The van der Waals surface area contributed by atoms with Gasteiger partial charge in [0.25, 0.3) is 0 Å². The minimum absolute atomic E-state index is 0.107. The Balaban J connectivity index is 0.000000185. The molecule has 12 heteroatoms. The van der Waals surface area contributed by atoms with Crippen LogP contribution < -0.4 is 19.7 Å². The molecule has 0 spiro atoms. The Morgan fingerprint density at radius 1 is 0.717 bits per heavy atom. The minimum Gasteiger partial charge on any atom is -0.494 e. The highest BCUT2D eigenvalue weighted by Crippen LogP contribution is 2.45. The molecule has 4 aromatic carbocycles. The first-order valence-electron chi connectivity index (χ1n) is 20.8. The van der Waals surface area contributed by atoms with Crippen molar-refractivity contribution in [1.82, 2.24) is 9.13 Å². The van der Waals surface area contributed by atoms with Gasteiger partial charge >= 0.3 is 12.1 Å². The lowest BCUT2D eigenvalue weighted by atomic mass is 9.92. The smallest absolute Gasteiger partial charge is 0.471 e. The van der Waals surface area contributed by atoms with E-state index in [-0.39, 0.29) is 18.3 Å². The van der Waals surface area contributed by atoms with Crippen molar-refractivity contribution in [2.75, 3.05) is 36.5 Å². The largest absolute Gasteiger partial charge is 0.494 e. The highest BCUT2D eigenvalue weighted by molar-refractivity contribution is 5.99. The number of carbonyl (C=O) groups excluding carboxylic acids is 1. The van der Waals surface area contributed by atoms with Crippen molar-refractivity contribution < 1.29 is 27.4 Å². The van der Waals surface area contributed by atoms with Crippen molar-refractivity contribution in [2.24, 2.45) is 0 Å². The van der Waals surface area contributed by atoms with E-state index in [1.165, 1.54) is 25.5 Å². The molecule has 0 atom stereocenters. The molecule has 0 aliphatic heterocycles. The molecule has 2 saturated carbocycles. The maximum absolute atomic E-state index is 13.0. The van der Waals surface area contributed by atoms with Crippen molar-refractivity contribution in [3.63, 3.8) is 0 Å². The lowest BCUT2D eigenvalue weighted by Gasteiger charge is -2.30. The molecule has 0 saturated heterocycles. The van der Waals surface area contributed by atoms with Crippen LogP contribution in [0.2, 0.25) is 0 Å². The van der Waals surface area contributed by atoms with Gasteiger partial charge in [0.2, 0.25) is 0 Å². The number of hydrogen-bond acceptors (Lipinski definition) is 6. The number of aromatic nitrogens is 2. The second kappa shape index (κ2) is 17.8. The van der Waals surface area contributed by atoms with Crippen LogP contribution in [-0.2, 0) is 4.79 Å². The van der Waals surface area contributed by atoms with Gasteiger partial charge in [-0.3, -0.25) is 4.79 Å². The van der Waals surface area contributed by atoms with E-state index in [2.05, 4.69) is 63.8 Å². The maximum atomic E-state index is 13.0. The van der Waals surface area contributed by atoms with E-state index >= 15 is 0 Å². The number of halogens is 3. The van der Waals surface area contributed by atoms with E-state index in [9.17, 15) is 28.5 Å². The summed E-state index contributed by atoms with van der Waals surface area (Å²) in [5.41, 5.74) is 8.13. The predicted molar refractivity (Wildman–Crippen MR) is 231 cm³/mol. The number of amides is 1. The summed E-state index contributed by atoms with van der Waals surface area (Å²) in [5, 5.41) is 25.1. The average Bonchev–Trinajstić information content (AvgIpc) is 3.69. The lowest BCUT2D eigenvalue weighted by molar-refractivity contribution is -0.170. The first kappa shape index (κ1) is 41.7. The van der Waals surface area contributed by atoms with Gasteiger partial charge in [0.15, 0.2) is 0 Å². The Morgan fingerprint density at radius 2 is 1.17 bits per heavy atom. The van der Waals surface area contributed by atoms with Crippen LogP contribution in [0.3, 0.4) is 0 Å². The topological polar surface area (TPSA) is 108 Å².